The molecule has 2 heterocycles. The second kappa shape index (κ2) is 13.2. The third-order valence-corrected chi connectivity index (χ3v) is 9.80. The highest BCUT2D eigenvalue weighted by molar-refractivity contribution is 7.93. The SMILES string of the molecule is O=C(CCc1cccc2c(C(=O)N(c3ccc4c(c3)OCCO4)S(=O)(=O)c3ccccc3)c3ccccc3nc12)OCc1ccccc1. The molecule has 0 spiro atoms. The van der Waals surface area contributed by atoms with Crippen LogP contribution in [0.1, 0.15) is 27.9 Å². The lowest BCUT2D eigenvalue weighted by Crippen LogP contribution is -2.37. The second-order valence-corrected chi connectivity index (χ2v) is 13.0. The minimum atomic E-state index is -4.42. The van der Waals surface area contributed by atoms with Gasteiger partial charge in [-0.1, -0.05) is 84.9 Å². The van der Waals surface area contributed by atoms with Gasteiger partial charge in [0.15, 0.2) is 11.5 Å². The summed E-state index contributed by atoms with van der Waals surface area (Å²) in [5.74, 6) is -0.336. The molecule has 0 atom stereocenters. The number of fused-ring (bicyclic) bond motifs is 3. The van der Waals surface area contributed by atoms with E-state index in [4.69, 9.17) is 19.2 Å². The maximum Gasteiger partial charge on any atom is 0.306 e. The zero-order valence-electron chi connectivity index (χ0n) is 25.7. The first-order chi connectivity index (χ1) is 23.4. The van der Waals surface area contributed by atoms with Gasteiger partial charge in [-0.2, -0.15) is 4.31 Å². The van der Waals surface area contributed by atoms with Gasteiger partial charge in [0.25, 0.3) is 15.9 Å². The number of para-hydroxylation sites is 2. The summed E-state index contributed by atoms with van der Waals surface area (Å²) in [6, 6.07) is 34.4. The summed E-state index contributed by atoms with van der Waals surface area (Å²) in [5.41, 5.74) is 2.88. The molecule has 1 aliphatic rings. The van der Waals surface area contributed by atoms with Gasteiger partial charge in [-0.3, -0.25) is 9.59 Å². The number of hydrogen-bond donors (Lipinski definition) is 0. The number of pyridine rings is 1. The molecule has 9 nitrogen and oxygen atoms in total. The highest BCUT2D eigenvalue weighted by Crippen LogP contribution is 2.38. The number of carbonyl (C=O) groups is 2. The van der Waals surface area contributed by atoms with Crippen LogP contribution in [0.5, 0.6) is 11.5 Å². The maximum absolute atomic E-state index is 14.9. The van der Waals surface area contributed by atoms with Crippen molar-refractivity contribution in [3.63, 3.8) is 0 Å². The van der Waals surface area contributed by atoms with E-state index in [9.17, 15) is 18.0 Å². The normalized spacial score (nSPS) is 12.5. The molecule has 0 saturated carbocycles. The van der Waals surface area contributed by atoms with Crippen molar-refractivity contribution < 1.29 is 32.2 Å². The molecule has 0 N–H and O–H groups in total. The van der Waals surface area contributed by atoms with Gasteiger partial charge in [0.2, 0.25) is 0 Å². The van der Waals surface area contributed by atoms with Crippen molar-refractivity contribution in [1.29, 1.82) is 0 Å². The predicted octanol–water partition coefficient (Wildman–Crippen LogP) is 6.87. The van der Waals surface area contributed by atoms with Crippen molar-refractivity contribution in [1.82, 2.24) is 4.98 Å². The van der Waals surface area contributed by atoms with E-state index < -0.39 is 15.9 Å². The smallest absolute Gasteiger partial charge is 0.306 e. The van der Waals surface area contributed by atoms with E-state index in [0.29, 0.717) is 46.3 Å². The Morgan fingerprint density at radius 3 is 2.23 bits per heavy atom. The molecule has 10 heteroatoms. The van der Waals surface area contributed by atoms with Crippen LogP contribution in [0.25, 0.3) is 21.8 Å². The first kappa shape index (κ1) is 30.9. The van der Waals surface area contributed by atoms with Gasteiger partial charge >= 0.3 is 5.97 Å². The lowest BCUT2D eigenvalue weighted by molar-refractivity contribution is -0.144. The molecular formula is C38H30N2O7S. The molecule has 240 valence electrons. The van der Waals surface area contributed by atoms with Gasteiger partial charge in [-0.25, -0.2) is 13.4 Å². The number of benzene rings is 5. The number of ether oxygens (including phenoxy) is 3. The zero-order valence-corrected chi connectivity index (χ0v) is 26.6. The van der Waals surface area contributed by atoms with Gasteiger partial charge in [-0.15, -0.1) is 0 Å². The minimum absolute atomic E-state index is 0.0504. The molecule has 5 aromatic carbocycles. The zero-order chi connectivity index (χ0) is 33.1. The molecule has 0 aliphatic carbocycles. The van der Waals surface area contributed by atoms with Crippen molar-refractivity contribution in [3.8, 4) is 11.5 Å². The summed E-state index contributed by atoms with van der Waals surface area (Å²) in [7, 11) is -4.42. The Hall–Kier alpha value is -5.74. The molecular weight excluding hydrogens is 628 g/mol. The van der Waals surface area contributed by atoms with Crippen LogP contribution in [-0.4, -0.2) is 38.5 Å². The van der Waals surface area contributed by atoms with Crippen LogP contribution in [-0.2, 0) is 32.6 Å². The number of carbonyl (C=O) groups excluding carboxylic acids is 2. The monoisotopic (exact) mass is 658 g/mol. The van der Waals surface area contributed by atoms with E-state index in [2.05, 4.69) is 0 Å². The lowest BCUT2D eigenvalue weighted by atomic mass is 9.97. The van der Waals surface area contributed by atoms with Crippen LogP contribution >= 0.6 is 0 Å². The van der Waals surface area contributed by atoms with E-state index >= 15 is 0 Å². The molecule has 7 rings (SSSR count). The largest absolute Gasteiger partial charge is 0.486 e. The summed E-state index contributed by atoms with van der Waals surface area (Å²) in [6.07, 6.45) is 0.396. The number of sulfonamides is 1. The van der Waals surface area contributed by atoms with E-state index in [1.54, 1.807) is 60.7 Å². The topological polar surface area (TPSA) is 112 Å². The van der Waals surface area contributed by atoms with Gasteiger partial charge in [-0.05, 0) is 47.9 Å². The quantitative estimate of drug-likeness (QED) is 0.122. The summed E-state index contributed by atoms with van der Waals surface area (Å²) < 4.78 is 46.4. The predicted molar refractivity (Wildman–Crippen MR) is 182 cm³/mol. The Bertz CT molecular complexity index is 2260. The Labute approximate surface area is 277 Å². The van der Waals surface area contributed by atoms with Crippen molar-refractivity contribution in [3.05, 3.63) is 138 Å². The third kappa shape index (κ3) is 6.05. The van der Waals surface area contributed by atoms with Crippen LogP contribution in [0.3, 0.4) is 0 Å². The minimum Gasteiger partial charge on any atom is -0.486 e. The van der Waals surface area contributed by atoms with E-state index in [1.807, 2.05) is 36.4 Å². The van der Waals surface area contributed by atoms with Gasteiger partial charge in [0, 0.05) is 23.3 Å². The van der Waals surface area contributed by atoms with Crippen molar-refractivity contribution in [2.75, 3.05) is 17.5 Å². The second-order valence-electron chi connectivity index (χ2n) is 11.2. The molecule has 1 aliphatic heterocycles. The number of anilines is 1. The molecule has 0 fully saturated rings. The fourth-order valence-electron chi connectivity index (χ4n) is 5.78. The number of amides is 1. The van der Waals surface area contributed by atoms with Crippen LogP contribution in [0.4, 0.5) is 5.69 Å². The van der Waals surface area contributed by atoms with E-state index in [0.717, 1.165) is 15.4 Å². The maximum atomic E-state index is 14.9. The Morgan fingerprint density at radius 1 is 0.750 bits per heavy atom. The summed E-state index contributed by atoms with van der Waals surface area (Å²) in [6.45, 7) is 0.819. The fraction of sp³-hybridized carbons (Fsp3) is 0.132. The average molecular weight is 659 g/mol. The Balaban J connectivity index is 1.32. The molecule has 6 aromatic rings. The number of aromatic nitrogens is 1. The van der Waals surface area contributed by atoms with Crippen molar-refractivity contribution in [2.24, 2.45) is 0 Å². The average Bonchev–Trinajstić information content (AvgIpc) is 3.12. The summed E-state index contributed by atoms with van der Waals surface area (Å²) in [4.78, 5) is 32.5. The highest BCUT2D eigenvalue weighted by Gasteiger charge is 2.35. The number of nitrogens with zero attached hydrogens (tertiary/aromatic N) is 2. The van der Waals surface area contributed by atoms with Gasteiger partial charge in [0.1, 0.15) is 19.8 Å². The van der Waals surface area contributed by atoms with E-state index in [-0.39, 0.29) is 41.8 Å². The van der Waals surface area contributed by atoms with Crippen LogP contribution in [0.15, 0.2) is 126 Å². The fourth-order valence-corrected chi connectivity index (χ4v) is 7.19. The van der Waals surface area contributed by atoms with Crippen LogP contribution < -0.4 is 13.8 Å². The molecule has 0 bridgehead atoms. The van der Waals surface area contributed by atoms with Crippen LogP contribution in [0.2, 0.25) is 0 Å². The number of rotatable bonds is 9. The molecule has 48 heavy (non-hydrogen) atoms. The summed E-state index contributed by atoms with van der Waals surface area (Å²) in [5, 5.41) is 0.944. The van der Waals surface area contributed by atoms with Crippen LogP contribution in [0, 0.1) is 0 Å². The number of hydrogen-bond acceptors (Lipinski definition) is 8. The molecule has 0 radical (unpaired) electrons. The molecule has 0 saturated heterocycles. The molecule has 1 amide bonds. The number of esters is 1. The van der Waals surface area contributed by atoms with Crippen molar-refractivity contribution in [2.45, 2.75) is 24.3 Å². The van der Waals surface area contributed by atoms with Crippen molar-refractivity contribution >= 4 is 49.4 Å². The molecule has 0 unspecified atom stereocenters. The molecule has 1 aromatic heterocycles. The standard InChI is InChI=1S/C38H30N2O7S/c41-35(47-25-26-10-3-1-4-11-26)21-18-27-12-9-16-31-36(30-15-7-8-17-32(30)39-37(27)31)38(42)40(48(43,44)29-13-5-2-6-14-29)28-19-20-33-34(24-28)46-23-22-45-33/h1-17,19-20,24H,18,21-23,25H2. The highest BCUT2D eigenvalue weighted by atomic mass is 32.2. The first-order valence-electron chi connectivity index (χ1n) is 15.4. The Kier molecular flexibility index (Phi) is 8.48. The van der Waals surface area contributed by atoms with E-state index in [1.165, 1.54) is 24.3 Å². The Morgan fingerprint density at radius 2 is 1.44 bits per heavy atom. The van der Waals surface area contributed by atoms with Gasteiger partial charge < -0.3 is 14.2 Å². The lowest BCUT2D eigenvalue weighted by Gasteiger charge is -2.26. The third-order valence-electron chi connectivity index (χ3n) is 8.08. The van der Waals surface area contributed by atoms with Gasteiger partial charge in [0.05, 0.1) is 27.2 Å². The summed E-state index contributed by atoms with van der Waals surface area (Å²) >= 11 is 0. The first-order valence-corrected chi connectivity index (χ1v) is 16.9. The number of aryl methyl sites for hydroxylation is 1.